The van der Waals surface area contributed by atoms with Crippen molar-refractivity contribution in [2.24, 2.45) is 11.8 Å². The molecule has 2 aromatic carbocycles. The Balaban J connectivity index is 0.00000560. The molecule has 2 aromatic rings. The quantitative estimate of drug-likeness (QED) is 0.258. The number of nitrogens with one attached hydrogen (secondary N) is 3. The van der Waals surface area contributed by atoms with Gasteiger partial charge in [-0.2, -0.15) is 0 Å². The van der Waals surface area contributed by atoms with E-state index in [4.69, 9.17) is 0 Å². The van der Waals surface area contributed by atoms with Gasteiger partial charge in [0.1, 0.15) is 12.1 Å². The molecule has 8 nitrogen and oxygen atoms in total. The van der Waals surface area contributed by atoms with Crippen LogP contribution in [0.1, 0.15) is 58.9 Å². The van der Waals surface area contributed by atoms with Gasteiger partial charge in [0.05, 0.1) is 6.10 Å². The van der Waals surface area contributed by atoms with E-state index < -0.39 is 24.1 Å². The van der Waals surface area contributed by atoms with Gasteiger partial charge in [0.15, 0.2) is 0 Å². The maximum Gasteiger partial charge on any atom is 0.243 e. The molecule has 222 valence electrons. The molecule has 40 heavy (non-hydrogen) atoms. The highest BCUT2D eigenvalue weighted by Crippen LogP contribution is 2.24. The molecule has 1 saturated heterocycles. The number of likely N-dealkylation sites (tertiary alicyclic amines) is 1. The van der Waals surface area contributed by atoms with Crippen LogP contribution >= 0.6 is 12.4 Å². The van der Waals surface area contributed by atoms with Gasteiger partial charge in [0.25, 0.3) is 0 Å². The molecule has 3 rings (SSSR count). The predicted molar refractivity (Wildman–Crippen MR) is 162 cm³/mol. The highest BCUT2D eigenvalue weighted by atomic mass is 35.5. The van der Waals surface area contributed by atoms with Crippen LogP contribution in [0, 0.1) is 11.8 Å². The second-order valence-electron chi connectivity index (χ2n) is 11.1. The normalized spacial score (nSPS) is 17.6. The third-order valence-corrected chi connectivity index (χ3v) is 7.47. The second kappa shape index (κ2) is 16.6. The lowest BCUT2D eigenvalue weighted by Crippen LogP contribution is -2.54. The fourth-order valence-corrected chi connectivity index (χ4v) is 5.20. The van der Waals surface area contributed by atoms with Gasteiger partial charge >= 0.3 is 0 Å². The van der Waals surface area contributed by atoms with E-state index in [-0.39, 0.29) is 43.1 Å². The molecule has 1 unspecified atom stereocenters. The maximum absolute atomic E-state index is 13.5. The largest absolute Gasteiger partial charge is 0.391 e. The van der Waals surface area contributed by atoms with E-state index in [1.165, 1.54) is 4.90 Å². The van der Waals surface area contributed by atoms with Gasteiger partial charge in [0.2, 0.25) is 17.7 Å². The number of hydrogen-bond donors (Lipinski definition) is 4. The van der Waals surface area contributed by atoms with Crippen molar-refractivity contribution in [1.29, 1.82) is 0 Å². The average Bonchev–Trinajstić information content (AvgIpc) is 3.32. The van der Waals surface area contributed by atoms with Gasteiger partial charge in [-0.3, -0.25) is 14.4 Å². The Hall–Kier alpha value is -2.68. The van der Waals surface area contributed by atoms with Crippen LogP contribution in [0.3, 0.4) is 0 Å². The van der Waals surface area contributed by atoms with E-state index in [9.17, 15) is 19.5 Å². The molecule has 1 aliphatic rings. The number of benzene rings is 2. The molecular weight excluding hydrogens is 528 g/mol. The van der Waals surface area contributed by atoms with Crippen molar-refractivity contribution in [2.75, 3.05) is 26.2 Å². The number of carbonyl (C=O) groups is 3. The van der Waals surface area contributed by atoms with Crippen LogP contribution in [0.2, 0.25) is 0 Å². The zero-order chi connectivity index (χ0) is 28.4. The Morgan fingerprint density at radius 3 is 2.40 bits per heavy atom. The molecular formula is C31H47ClN4O4. The lowest BCUT2D eigenvalue weighted by Gasteiger charge is -2.28. The predicted octanol–water partition coefficient (Wildman–Crippen LogP) is 3.44. The summed E-state index contributed by atoms with van der Waals surface area (Å²) in [5, 5.41) is 21.8. The lowest BCUT2D eigenvalue weighted by molar-refractivity contribution is -0.142. The molecule has 1 aliphatic heterocycles. The minimum Gasteiger partial charge on any atom is -0.391 e. The molecule has 3 amide bonds. The van der Waals surface area contributed by atoms with Gasteiger partial charge in [0, 0.05) is 31.8 Å². The topological polar surface area (TPSA) is 111 Å². The molecule has 1 heterocycles. The highest BCUT2D eigenvalue weighted by molar-refractivity contribution is 5.93. The van der Waals surface area contributed by atoms with Crippen LogP contribution in [-0.2, 0) is 20.8 Å². The Morgan fingerprint density at radius 1 is 1.02 bits per heavy atom. The number of carbonyl (C=O) groups excluding carboxylic acids is 3. The Kier molecular flexibility index (Phi) is 13.9. The number of hydrogen-bond acceptors (Lipinski definition) is 5. The summed E-state index contributed by atoms with van der Waals surface area (Å²) >= 11 is 0. The standard InChI is InChI=1S/C31H46N4O4.ClH/c1-5-23(6-2)31(39)35-20-26(36)18-28(35)30(38)34-27(29(37)33-15-9-14-32-19-21(3)4)17-22-12-13-24-10-7-8-11-25(24)16-22;/h7-8,10-13,16,21,23,26-28,32,36H,5-6,9,14-15,17-20H2,1-4H3,(H,33,37)(H,34,38);1H/t26-,27-,28?;/m1./s1. The summed E-state index contributed by atoms with van der Waals surface area (Å²) in [7, 11) is 0. The number of fused-ring (bicyclic) bond motifs is 1. The molecule has 0 spiro atoms. The highest BCUT2D eigenvalue weighted by Gasteiger charge is 2.41. The van der Waals surface area contributed by atoms with Crippen molar-refractivity contribution in [3.05, 3.63) is 48.0 Å². The van der Waals surface area contributed by atoms with Crippen molar-refractivity contribution >= 4 is 40.9 Å². The molecule has 9 heteroatoms. The summed E-state index contributed by atoms with van der Waals surface area (Å²) < 4.78 is 0. The fraction of sp³-hybridized carbons (Fsp3) is 0.581. The van der Waals surface area contributed by atoms with Crippen molar-refractivity contribution in [3.63, 3.8) is 0 Å². The summed E-state index contributed by atoms with van der Waals surface area (Å²) in [6, 6.07) is 12.5. The molecule has 0 aliphatic carbocycles. The first-order valence-corrected chi connectivity index (χ1v) is 14.5. The number of amides is 3. The minimum absolute atomic E-state index is 0. The van der Waals surface area contributed by atoms with Crippen LogP contribution in [0.15, 0.2) is 42.5 Å². The van der Waals surface area contributed by atoms with Crippen LogP contribution < -0.4 is 16.0 Å². The molecule has 4 N–H and O–H groups in total. The lowest BCUT2D eigenvalue weighted by atomic mass is 10.00. The number of aliphatic hydroxyl groups excluding tert-OH is 1. The molecule has 0 radical (unpaired) electrons. The van der Waals surface area contributed by atoms with E-state index in [1.807, 2.05) is 56.3 Å². The van der Waals surface area contributed by atoms with Gasteiger partial charge in [-0.15, -0.1) is 12.4 Å². The number of halogens is 1. The van der Waals surface area contributed by atoms with Crippen molar-refractivity contribution < 1.29 is 19.5 Å². The molecule has 0 saturated carbocycles. The maximum atomic E-state index is 13.5. The SMILES string of the molecule is CCC(CC)C(=O)N1C[C@H](O)CC1C(=O)N[C@H](Cc1ccc2ccccc2c1)C(=O)NCCCNCC(C)C.Cl. The average molecular weight is 575 g/mol. The third-order valence-electron chi connectivity index (χ3n) is 7.47. The first-order valence-electron chi connectivity index (χ1n) is 14.5. The first kappa shape index (κ1) is 33.5. The van der Waals surface area contributed by atoms with Gasteiger partial charge in [-0.05, 0) is 54.6 Å². The van der Waals surface area contributed by atoms with Crippen molar-refractivity contribution in [1.82, 2.24) is 20.9 Å². The van der Waals surface area contributed by atoms with E-state index in [2.05, 4.69) is 29.8 Å². The van der Waals surface area contributed by atoms with Crippen molar-refractivity contribution in [2.45, 2.75) is 78.0 Å². The molecule has 0 aromatic heterocycles. The van der Waals surface area contributed by atoms with E-state index in [0.29, 0.717) is 31.7 Å². The van der Waals surface area contributed by atoms with E-state index >= 15 is 0 Å². The first-order chi connectivity index (χ1) is 18.7. The minimum atomic E-state index is -0.801. The van der Waals surface area contributed by atoms with E-state index in [1.54, 1.807) is 0 Å². The Bertz CT molecular complexity index is 1110. The smallest absolute Gasteiger partial charge is 0.243 e. The number of nitrogens with zero attached hydrogens (tertiary/aromatic N) is 1. The summed E-state index contributed by atoms with van der Waals surface area (Å²) in [6.07, 6.45) is 1.87. The molecule has 3 atom stereocenters. The second-order valence-corrected chi connectivity index (χ2v) is 11.1. The van der Waals surface area contributed by atoms with Crippen LogP contribution in [-0.4, -0.2) is 72.1 Å². The third kappa shape index (κ3) is 9.46. The number of aliphatic hydroxyl groups is 1. The van der Waals surface area contributed by atoms with Crippen LogP contribution in [0.5, 0.6) is 0 Å². The fourth-order valence-electron chi connectivity index (χ4n) is 5.20. The van der Waals surface area contributed by atoms with Gasteiger partial charge in [-0.1, -0.05) is 70.2 Å². The van der Waals surface area contributed by atoms with Crippen molar-refractivity contribution in [3.8, 4) is 0 Å². The van der Waals surface area contributed by atoms with Gasteiger partial charge < -0.3 is 26.0 Å². The molecule has 1 fully saturated rings. The van der Waals surface area contributed by atoms with E-state index in [0.717, 1.165) is 35.8 Å². The monoisotopic (exact) mass is 574 g/mol. The van der Waals surface area contributed by atoms with Crippen LogP contribution in [0.4, 0.5) is 0 Å². The zero-order valence-corrected chi connectivity index (χ0v) is 25.1. The van der Waals surface area contributed by atoms with Crippen LogP contribution in [0.25, 0.3) is 10.8 Å². The van der Waals surface area contributed by atoms with Gasteiger partial charge in [-0.25, -0.2) is 0 Å². The summed E-state index contributed by atoms with van der Waals surface area (Å²) in [4.78, 5) is 41.4. The summed E-state index contributed by atoms with van der Waals surface area (Å²) in [5.41, 5.74) is 0.934. The molecule has 0 bridgehead atoms. The summed E-state index contributed by atoms with van der Waals surface area (Å²) in [6.45, 7) is 10.6. The number of β-amino-alcohol motifs (C(OH)–C–C–N with tert-alkyl or cyclic N) is 1. The number of rotatable bonds is 14. The Morgan fingerprint density at radius 2 is 1.73 bits per heavy atom. The Labute approximate surface area is 245 Å². The zero-order valence-electron chi connectivity index (χ0n) is 24.3. The summed E-state index contributed by atoms with van der Waals surface area (Å²) in [5.74, 6) is -0.387.